The van der Waals surface area contributed by atoms with E-state index in [2.05, 4.69) is 5.32 Å². The highest BCUT2D eigenvalue weighted by Crippen LogP contribution is 2.26. The zero-order valence-electron chi connectivity index (χ0n) is 14.3. The van der Waals surface area contributed by atoms with E-state index in [1.165, 1.54) is 11.3 Å². The van der Waals surface area contributed by atoms with Crippen molar-refractivity contribution in [2.75, 3.05) is 24.6 Å². The van der Waals surface area contributed by atoms with Gasteiger partial charge in [-0.1, -0.05) is 18.2 Å². The SMILES string of the molecule is O=C(CCNC(=O)c1ccsc1)OCC(=O)N1CCCc2ccccc21. The van der Waals surface area contributed by atoms with Crippen LogP contribution in [0.3, 0.4) is 0 Å². The number of benzene rings is 1. The molecule has 1 N–H and O–H groups in total. The summed E-state index contributed by atoms with van der Waals surface area (Å²) in [7, 11) is 0. The van der Waals surface area contributed by atoms with E-state index in [-0.39, 0.29) is 31.4 Å². The summed E-state index contributed by atoms with van der Waals surface area (Å²) in [6.07, 6.45) is 1.87. The van der Waals surface area contributed by atoms with Crippen LogP contribution in [-0.2, 0) is 20.7 Å². The van der Waals surface area contributed by atoms with Crippen molar-refractivity contribution in [1.29, 1.82) is 0 Å². The van der Waals surface area contributed by atoms with Gasteiger partial charge in [-0.25, -0.2) is 0 Å². The smallest absolute Gasteiger partial charge is 0.308 e. The highest BCUT2D eigenvalue weighted by Gasteiger charge is 2.22. The Hall–Kier alpha value is -2.67. The number of rotatable bonds is 6. The van der Waals surface area contributed by atoms with Gasteiger partial charge in [0.25, 0.3) is 11.8 Å². The molecule has 0 bridgehead atoms. The van der Waals surface area contributed by atoms with Gasteiger partial charge in [0, 0.05) is 29.7 Å². The van der Waals surface area contributed by atoms with Crippen LogP contribution in [0.5, 0.6) is 0 Å². The van der Waals surface area contributed by atoms with Crippen LogP contribution in [-0.4, -0.2) is 37.5 Å². The molecule has 0 radical (unpaired) electrons. The van der Waals surface area contributed by atoms with Crippen LogP contribution < -0.4 is 10.2 Å². The molecule has 7 heteroatoms. The number of fused-ring (bicyclic) bond motifs is 1. The third kappa shape index (κ3) is 4.49. The van der Waals surface area contributed by atoms with E-state index < -0.39 is 5.97 Å². The molecule has 1 aliphatic heterocycles. The molecule has 0 spiro atoms. The number of hydrogen-bond acceptors (Lipinski definition) is 5. The standard InChI is InChI=1S/C19H20N2O4S/c22-17(21-10-3-5-14-4-1-2-6-16(14)21)12-25-18(23)7-9-20-19(24)15-8-11-26-13-15/h1-2,4,6,8,11,13H,3,5,7,9-10,12H2,(H,20,24). The lowest BCUT2D eigenvalue weighted by molar-refractivity contribution is -0.147. The number of amides is 2. The fourth-order valence-electron chi connectivity index (χ4n) is 2.86. The van der Waals surface area contributed by atoms with Gasteiger partial charge in [-0.15, -0.1) is 0 Å². The van der Waals surface area contributed by atoms with Gasteiger partial charge in [-0.2, -0.15) is 11.3 Å². The average Bonchev–Trinajstić information content (AvgIpc) is 3.20. The largest absolute Gasteiger partial charge is 0.455 e. The Morgan fingerprint density at radius 2 is 2.04 bits per heavy atom. The summed E-state index contributed by atoms with van der Waals surface area (Å²) < 4.78 is 5.07. The van der Waals surface area contributed by atoms with Crippen molar-refractivity contribution in [1.82, 2.24) is 5.32 Å². The number of hydrogen-bond donors (Lipinski definition) is 1. The summed E-state index contributed by atoms with van der Waals surface area (Å²) in [5, 5.41) is 6.20. The molecule has 6 nitrogen and oxygen atoms in total. The number of para-hydroxylation sites is 1. The molecule has 0 unspecified atom stereocenters. The topological polar surface area (TPSA) is 75.7 Å². The number of carbonyl (C=O) groups is 3. The average molecular weight is 372 g/mol. The fraction of sp³-hybridized carbons (Fsp3) is 0.316. The van der Waals surface area contributed by atoms with Crippen LogP contribution in [0.15, 0.2) is 41.1 Å². The zero-order chi connectivity index (χ0) is 18.4. The number of aryl methyl sites for hydroxylation is 1. The van der Waals surface area contributed by atoms with Crippen molar-refractivity contribution in [3.05, 3.63) is 52.2 Å². The molecule has 0 fully saturated rings. The number of carbonyl (C=O) groups excluding carboxylic acids is 3. The number of ether oxygens (including phenoxy) is 1. The van der Waals surface area contributed by atoms with E-state index >= 15 is 0 Å². The maximum absolute atomic E-state index is 12.4. The fourth-order valence-corrected chi connectivity index (χ4v) is 3.49. The van der Waals surface area contributed by atoms with Gasteiger partial charge in [-0.3, -0.25) is 14.4 Å². The second-order valence-corrected chi connectivity index (χ2v) is 6.74. The molecule has 136 valence electrons. The van der Waals surface area contributed by atoms with E-state index in [1.807, 2.05) is 29.6 Å². The Balaban J connectivity index is 1.42. The van der Waals surface area contributed by atoms with Gasteiger partial charge in [0.2, 0.25) is 0 Å². The van der Waals surface area contributed by atoms with Crippen LogP contribution in [0.25, 0.3) is 0 Å². The lowest BCUT2D eigenvalue weighted by Crippen LogP contribution is -2.38. The maximum atomic E-state index is 12.4. The van der Waals surface area contributed by atoms with Crippen molar-refractivity contribution >= 4 is 34.8 Å². The van der Waals surface area contributed by atoms with Gasteiger partial charge in [0.15, 0.2) is 6.61 Å². The van der Waals surface area contributed by atoms with Crippen LogP contribution in [0.4, 0.5) is 5.69 Å². The van der Waals surface area contributed by atoms with Gasteiger partial charge < -0.3 is 15.0 Å². The molecule has 2 heterocycles. The molecule has 0 atom stereocenters. The zero-order valence-corrected chi connectivity index (χ0v) is 15.1. The first-order valence-corrected chi connectivity index (χ1v) is 9.44. The molecular formula is C19H20N2O4S. The van der Waals surface area contributed by atoms with Crippen molar-refractivity contribution in [3.63, 3.8) is 0 Å². The first-order valence-electron chi connectivity index (χ1n) is 8.49. The maximum Gasteiger partial charge on any atom is 0.308 e. The summed E-state index contributed by atoms with van der Waals surface area (Å²) in [5.41, 5.74) is 2.60. The normalized spacial score (nSPS) is 13.0. The van der Waals surface area contributed by atoms with Crippen molar-refractivity contribution < 1.29 is 19.1 Å². The van der Waals surface area contributed by atoms with Gasteiger partial charge >= 0.3 is 5.97 Å². The summed E-state index contributed by atoms with van der Waals surface area (Å²) in [6.45, 7) is 0.518. The molecule has 1 aromatic carbocycles. The highest BCUT2D eigenvalue weighted by atomic mass is 32.1. The molecule has 26 heavy (non-hydrogen) atoms. The van der Waals surface area contributed by atoms with E-state index in [4.69, 9.17) is 4.74 Å². The Bertz CT molecular complexity index is 789. The lowest BCUT2D eigenvalue weighted by atomic mass is 10.0. The predicted octanol–water partition coefficient (Wildman–Crippen LogP) is 2.39. The monoisotopic (exact) mass is 372 g/mol. The summed E-state index contributed by atoms with van der Waals surface area (Å²) in [5.74, 6) is -0.956. The number of nitrogens with one attached hydrogen (secondary N) is 1. The van der Waals surface area contributed by atoms with Crippen LogP contribution >= 0.6 is 11.3 Å². The van der Waals surface area contributed by atoms with Crippen LogP contribution in [0, 0.1) is 0 Å². The molecule has 2 aromatic rings. The number of esters is 1. The van der Waals surface area contributed by atoms with Gasteiger partial charge in [-0.05, 0) is 35.9 Å². The predicted molar refractivity (Wildman–Crippen MR) is 99.3 cm³/mol. The Kier molecular flexibility index (Phi) is 6.01. The minimum atomic E-state index is -0.505. The third-order valence-electron chi connectivity index (χ3n) is 4.17. The second kappa shape index (κ2) is 8.62. The lowest BCUT2D eigenvalue weighted by Gasteiger charge is -2.29. The summed E-state index contributed by atoms with van der Waals surface area (Å²) >= 11 is 1.43. The molecular weight excluding hydrogens is 352 g/mol. The summed E-state index contributed by atoms with van der Waals surface area (Å²) in [4.78, 5) is 37.6. The Morgan fingerprint density at radius 1 is 1.19 bits per heavy atom. The molecule has 0 aliphatic carbocycles. The van der Waals surface area contributed by atoms with Gasteiger partial charge in [0.1, 0.15) is 0 Å². The second-order valence-electron chi connectivity index (χ2n) is 5.96. The molecule has 1 aliphatic rings. The van der Waals surface area contributed by atoms with E-state index in [9.17, 15) is 14.4 Å². The molecule has 2 amide bonds. The van der Waals surface area contributed by atoms with E-state index in [0.29, 0.717) is 12.1 Å². The minimum absolute atomic E-state index is 0.0275. The van der Waals surface area contributed by atoms with E-state index in [1.54, 1.807) is 16.3 Å². The number of thiophene rings is 1. The molecule has 3 rings (SSSR count). The summed E-state index contributed by atoms with van der Waals surface area (Å²) in [6, 6.07) is 9.49. The quantitative estimate of drug-likeness (QED) is 0.790. The van der Waals surface area contributed by atoms with Crippen LogP contribution in [0.2, 0.25) is 0 Å². The first-order chi connectivity index (χ1) is 12.6. The number of nitrogens with zero attached hydrogens (tertiary/aromatic N) is 1. The third-order valence-corrected chi connectivity index (χ3v) is 4.85. The Labute approximate surface area is 155 Å². The molecule has 0 saturated carbocycles. The highest BCUT2D eigenvalue weighted by molar-refractivity contribution is 7.08. The van der Waals surface area contributed by atoms with Gasteiger partial charge in [0.05, 0.1) is 6.42 Å². The molecule has 0 saturated heterocycles. The van der Waals surface area contributed by atoms with Crippen molar-refractivity contribution in [2.24, 2.45) is 0 Å². The van der Waals surface area contributed by atoms with Crippen molar-refractivity contribution in [3.8, 4) is 0 Å². The number of anilines is 1. The molecule has 1 aromatic heterocycles. The van der Waals surface area contributed by atoms with Crippen molar-refractivity contribution in [2.45, 2.75) is 19.3 Å². The first kappa shape index (κ1) is 18.1. The Morgan fingerprint density at radius 3 is 2.85 bits per heavy atom. The van der Waals surface area contributed by atoms with Crippen LogP contribution in [0.1, 0.15) is 28.8 Å². The minimum Gasteiger partial charge on any atom is -0.455 e. The van der Waals surface area contributed by atoms with E-state index in [0.717, 1.165) is 24.1 Å².